The maximum atomic E-state index is 13.1. The minimum atomic E-state index is -0.390. The molecule has 1 N–H and O–H groups in total. The molecule has 1 aliphatic carbocycles. The summed E-state index contributed by atoms with van der Waals surface area (Å²) in [6.45, 7) is 3.90. The highest BCUT2D eigenvalue weighted by atomic mass is 16.5. The summed E-state index contributed by atoms with van der Waals surface area (Å²) >= 11 is 0. The maximum Gasteiger partial charge on any atom is 0.338 e. The number of ether oxygens (including phenoxy) is 1. The fourth-order valence-electron chi connectivity index (χ4n) is 3.86. The van der Waals surface area contributed by atoms with Gasteiger partial charge in [-0.3, -0.25) is 0 Å². The first-order valence-corrected chi connectivity index (χ1v) is 9.17. The number of benzene rings is 1. The van der Waals surface area contributed by atoms with E-state index in [1.54, 1.807) is 4.68 Å². The van der Waals surface area contributed by atoms with Crippen LogP contribution >= 0.6 is 0 Å². The number of anilines is 1. The summed E-state index contributed by atoms with van der Waals surface area (Å²) in [5.74, 6) is 0.251. The van der Waals surface area contributed by atoms with E-state index in [4.69, 9.17) is 4.74 Å². The van der Waals surface area contributed by atoms with Crippen molar-refractivity contribution in [2.45, 2.75) is 58.1 Å². The molecule has 2 aromatic rings. The first-order chi connectivity index (χ1) is 12.6. The van der Waals surface area contributed by atoms with E-state index in [1.165, 1.54) is 6.42 Å². The van der Waals surface area contributed by atoms with Crippen LogP contribution in [0.15, 0.2) is 35.5 Å². The van der Waals surface area contributed by atoms with Crippen molar-refractivity contribution in [3.8, 4) is 0 Å². The lowest BCUT2D eigenvalue weighted by Crippen LogP contribution is -2.32. The van der Waals surface area contributed by atoms with Crippen molar-refractivity contribution in [3.05, 3.63) is 46.7 Å². The molecule has 7 heteroatoms. The van der Waals surface area contributed by atoms with Crippen molar-refractivity contribution < 1.29 is 9.53 Å². The molecule has 136 valence electrons. The number of rotatable bonds is 3. The number of hydrogen-bond acceptors (Lipinski definition) is 6. The van der Waals surface area contributed by atoms with Gasteiger partial charge in [0.15, 0.2) is 0 Å². The smallest absolute Gasteiger partial charge is 0.338 e. The zero-order chi connectivity index (χ0) is 18.1. The van der Waals surface area contributed by atoms with Crippen molar-refractivity contribution in [3.63, 3.8) is 0 Å². The van der Waals surface area contributed by atoms with Gasteiger partial charge in [0.1, 0.15) is 12.1 Å². The summed E-state index contributed by atoms with van der Waals surface area (Å²) in [4.78, 5) is 13.1. The highest BCUT2D eigenvalue weighted by Crippen LogP contribution is 2.36. The van der Waals surface area contributed by atoms with Gasteiger partial charge in [0.2, 0.25) is 5.95 Å². The van der Waals surface area contributed by atoms with E-state index in [-0.39, 0.29) is 12.1 Å². The van der Waals surface area contributed by atoms with E-state index in [0.29, 0.717) is 11.5 Å². The lowest BCUT2D eigenvalue weighted by Gasteiger charge is -2.30. The maximum absolute atomic E-state index is 13.1. The first-order valence-electron chi connectivity index (χ1n) is 9.17. The number of fused-ring (bicyclic) bond motifs is 1. The fourth-order valence-corrected chi connectivity index (χ4v) is 3.86. The fraction of sp³-hybridized carbons (Fsp3) is 0.474. The molecule has 1 fully saturated rings. The average Bonchev–Trinajstić information content (AvgIpc) is 3.10. The Labute approximate surface area is 152 Å². The molecule has 0 unspecified atom stereocenters. The van der Waals surface area contributed by atoms with Crippen LogP contribution in [-0.2, 0) is 9.53 Å². The topological polar surface area (TPSA) is 81.9 Å². The summed E-state index contributed by atoms with van der Waals surface area (Å²) in [5.41, 5.74) is 3.39. The molecule has 1 aromatic carbocycles. The van der Waals surface area contributed by atoms with Crippen molar-refractivity contribution in [2.24, 2.45) is 0 Å². The van der Waals surface area contributed by atoms with E-state index in [2.05, 4.69) is 20.8 Å². The van der Waals surface area contributed by atoms with Crippen LogP contribution in [0.3, 0.4) is 0 Å². The van der Waals surface area contributed by atoms with Gasteiger partial charge >= 0.3 is 5.97 Å². The van der Waals surface area contributed by atoms with Gasteiger partial charge in [-0.05, 0) is 61.1 Å². The monoisotopic (exact) mass is 353 g/mol. The van der Waals surface area contributed by atoms with Gasteiger partial charge in [-0.15, -0.1) is 0 Å². The molecule has 0 radical (unpaired) electrons. The molecular weight excluding hydrogens is 330 g/mol. The third-order valence-corrected chi connectivity index (χ3v) is 5.24. The molecule has 2 heterocycles. The third kappa shape index (κ3) is 2.98. The first kappa shape index (κ1) is 16.8. The second-order valence-electron chi connectivity index (χ2n) is 7.04. The van der Waals surface area contributed by atoms with Crippen LogP contribution in [-0.4, -0.2) is 32.3 Å². The minimum absolute atomic E-state index is 0.00402. The van der Waals surface area contributed by atoms with Crippen LogP contribution in [0.2, 0.25) is 0 Å². The van der Waals surface area contributed by atoms with Gasteiger partial charge in [-0.2, -0.15) is 4.68 Å². The SMILES string of the molecule is CC1=C(C(=O)OC2CCCCC2)[C@H](c2ccccc2C)n2nnnc2N1. The molecule has 0 spiro atoms. The zero-order valence-corrected chi connectivity index (χ0v) is 15.1. The van der Waals surface area contributed by atoms with Crippen LogP contribution in [0.5, 0.6) is 0 Å². The van der Waals surface area contributed by atoms with E-state index in [1.807, 2.05) is 38.1 Å². The second-order valence-corrected chi connectivity index (χ2v) is 7.04. The number of carbonyl (C=O) groups is 1. The molecule has 1 atom stereocenters. The number of carbonyl (C=O) groups excluding carboxylic acids is 1. The molecule has 1 saturated carbocycles. The number of aryl methyl sites for hydroxylation is 1. The highest BCUT2D eigenvalue weighted by Gasteiger charge is 2.36. The Morgan fingerprint density at radius 1 is 1.19 bits per heavy atom. The largest absolute Gasteiger partial charge is 0.459 e. The third-order valence-electron chi connectivity index (χ3n) is 5.24. The summed E-state index contributed by atoms with van der Waals surface area (Å²) < 4.78 is 7.53. The molecule has 0 saturated heterocycles. The van der Waals surface area contributed by atoms with Crippen LogP contribution < -0.4 is 5.32 Å². The summed E-state index contributed by atoms with van der Waals surface area (Å²) in [6, 6.07) is 7.60. The quantitative estimate of drug-likeness (QED) is 0.854. The molecule has 0 bridgehead atoms. The Balaban J connectivity index is 1.72. The number of allylic oxidation sites excluding steroid dienone is 1. The molecule has 26 heavy (non-hydrogen) atoms. The van der Waals surface area contributed by atoms with E-state index < -0.39 is 6.04 Å². The van der Waals surface area contributed by atoms with E-state index in [9.17, 15) is 4.79 Å². The number of nitrogens with one attached hydrogen (secondary N) is 1. The molecule has 7 nitrogen and oxygen atoms in total. The zero-order valence-electron chi connectivity index (χ0n) is 15.1. The lowest BCUT2D eigenvalue weighted by molar-refractivity contribution is -0.146. The Bertz CT molecular complexity index is 851. The predicted octanol–water partition coefficient (Wildman–Crippen LogP) is 3.15. The number of aromatic nitrogens is 4. The predicted molar refractivity (Wildman–Crippen MR) is 96.4 cm³/mol. The number of tetrazole rings is 1. The van der Waals surface area contributed by atoms with Crippen LogP contribution in [0.25, 0.3) is 0 Å². The lowest BCUT2D eigenvalue weighted by atomic mass is 9.92. The minimum Gasteiger partial charge on any atom is -0.459 e. The number of esters is 1. The van der Waals surface area contributed by atoms with Gasteiger partial charge < -0.3 is 10.1 Å². The Morgan fingerprint density at radius 2 is 1.96 bits per heavy atom. The van der Waals surface area contributed by atoms with Crippen molar-refractivity contribution in [1.82, 2.24) is 20.2 Å². The van der Waals surface area contributed by atoms with Crippen LogP contribution in [0, 0.1) is 6.92 Å². The van der Waals surface area contributed by atoms with Crippen molar-refractivity contribution in [2.75, 3.05) is 5.32 Å². The molecule has 1 aliphatic heterocycles. The van der Waals surface area contributed by atoms with Gasteiger partial charge in [-0.25, -0.2) is 4.79 Å². The average molecular weight is 353 g/mol. The summed E-state index contributed by atoms with van der Waals surface area (Å²) in [7, 11) is 0. The van der Waals surface area contributed by atoms with Gasteiger partial charge in [-0.1, -0.05) is 35.8 Å². The van der Waals surface area contributed by atoms with Crippen LogP contribution in [0.1, 0.15) is 56.2 Å². The summed E-state index contributed by atoms with van der Waals surface area (Å²) in [5, 5.41) is 15.1. The van der Waals surface area contributed by atoms with Gasteiger partial charge in [0, 0.05) is 5.70 Å². The van der Waals surface area contributed by atoms with Crippen molar-refractivity contribution in [1.29, 1.82) is 0 Å². The number of nitrogens with zero attached hydrogens (tertiary/aromatic N) is 4. The van der Waals surface area contributed by atoms with Crippen molar-refractivity contribution >= 4 is 11.9 Å². The molecule has 1 aromatic heterocycles. The Hall–Kier alpha value is -2.70. The number of hydrogen-bond donors (Lipinski definition) is 1. The van der Waals surface area contributed by atoms with E-state index in [0.717, 1.165) is 42.5 Å². The molecule has 2 aliphatic rings. The second kappa shape index (κ2) is 6.90. The highest BCUT2D eigenvalue weighted by molar-refractivity contribution is 5.92. The summed E-state index contributed by atoms with van der Waals surface area (Å²) in [6.07, 6.45) is 5.34. The Morgan fingerprint density at radius 3 is 2.73 bits per heavy atom. The normalized spacial score (nSPS) is 20.5. The molecule has 0 amide bonds. The van der Waals surface area contributed by atoms with Gasteiger partial charge in [0.25, 0.3) is 0 Å². The molecule has 4 rings (SSSR count). The standard InChI is InChI=1S/C19H23N5O2/c1-12-8-6-7-11-15(12)17-16(13(2)20-19-21-22-23-24(17)19)18(25)26-14-9-4-3-5-10-14/h6-8,11,14,17H,3-5,9-10H2,1-2H3,(H,20,21,23)/t17-/m0/s1. The Kier molecular flexibility index (Phi) is 4.44. The van der Waals surface area contributed by atoms with E-state index >= 15 is 0 Å². The molecular formula is C19H23N5O2. The van der Waals surface area contributed by atoms with Crippen LogP contribution in [0.4, 0.5) is 5.95 Å². The van der Waals surface area contributed by atoms with Gasteiger partial charge in [0.05, 0.1) is 5.57 Å².